The van der Waals surface area contributed by atoms with E-state index < -0.39 is 0 Å². The summed E-state index contributed by atoms with van der Waals surface area (Å²) in [5.41, 5.74) is 5.69. The van der Waals surface area contributed by atoms with Crippen molar-refractivity contribution in [3.05, 3.63) is 64.2 Å². The molecular formula is C21H26O3. The number of esters is 1. The highest BCUT2D eigenvalue weighted by atomic mass is 16.5. The van der Waals surface area contributed by atoms with Gasteiger partial charge in [-0.2, -0.15) is 0 Å². The molecule has 0 saturated heterocycles. The molecule has 0 aliphatic heterocycles. The topological polar surface area (TPSA) is 35.5 Å². The monoisotopic (exact) mass is 326 g/mol. The van der Waals surface area contributed by atoms with Crippen molar-refractivity contribution in [1.82, 2.24) is 0 Å². The van der Waals surface area contributed by atoms with Crippen LogP contribution in [-0.4, -0.2) is 13.1 Å². The SMILES string of the molecule is CCc1ccc(OCc2c(C)cccc2CC(=O)OC)c(CC)c1. The lowest BCUT2D eigenvalue weighted by atomic mass is 10.00. The molecule has 2 rings (SSSR count). The summed E-state index contributed by atoms with van der Waals surface area (Å²) in [6.07, 6.45) is 2.23. The van der Waals surface area contributed by atoms with Crippen molar-refractivity contribution >= 4 is 5.97 Å². The molecule has 2 aromatic carbocycles. The molecule has 24 heavy (non-hydrogen) atoms. The number of hydrogen-bond donors (Lipinski definition) is 0. The maximum Gasteiger partial charge on any atom is 0.309 e. The first kappa shape index (κ1) is 18.1. The summed E-state index contributed by atoms with van der Waals surface area (Å²) in [4.78, 5) is 11.6. The zero-order valence-corrected chi connectivity index (χ0v) is 15.0. The summed E-state index contributed by atoms with van der Waals surface area (Å²) in [5.74, 6) is 0.686. The molecule has 2 aromatic rings. The zero-order valence-electron chi connectivity index (χ0n) is 15.0. The second-order valence-corrected chi connectivity index (χ2v) is 5.90. The van der Waals surface area contributed by atoms with E-state index in [0.29, 0.717) is 6.61 Å². The number of benzene rings is 2. The molecule has 0 heterocycles. The van der Waals surface area contributed by atoms with Crippen LogP contribution in [0.25, 0.3) is 0 Å². The molecule has 0 aromatic heterocycles. The predicted octanol–water partition coefficient (Wildman–Crippen LogP) is 4.41. The van der Waals surface area contributed by atoms with Crippen LogP contribution in [0.1, 0.15) is 41.7 Å². The molecule has 0 spiro atoms. The third-order valence-corrected chi connectivity index (χ3v) is 4.36. The molecular weight excluding hydrogens is 300 g/mol. The van der Waals surface area contributed by atoms with E-state index >= 15 is 0 Å². The molecule has 3 heteroatoms. The first-order valence-corrected chi connectivity index (χ1v) is 8.47. The second kappa shape index (κ2) is 8.53. The Hall–Kier alpha value is -2.29. The van der Waals surface area contributed by atoms with Crippen molar-refractivity contribution in [2.24, 2.45) is 0 Å². The number of carbonyl (C=O) groups is 1. The van der Waals surface area contributed by atoms with Crippen molar-refractivity contribution in [2.75, 3.05) is 7.11 Å². The van der Waals surface area contributed by atoms with Gasteiger partial charge in [0.2, 0.25) is 0 Å². The highest BCUT2D eigenvalue weighted by Crippen LogP contribution is 2.24. The van der Waals surface area contributed by atoms with Crippen LogP contribution in [0.3, 0.4) is 0 Å². The van der Waals surface area contributed by atoms with Gasteiger partial charge in [-0.25, -0.2) is 0 Å². The minimum Gasteiger partial charge on any atom is -0.489 e. The van der Waals surface area contributed by atoms with E-state index in [1.54, 1.807) is 0 Å². The molecule has 0 bridgehead atoms. The summed E-state index contributed by atoms with van der Waals surface area (Å²) in [6, 6.07) is 12.3. The lowest BCUT2D eigenvalue weighted by Crippen LogP contribution is -2.10. The molecule has 0 aliphatic carbocycles. The van der Waals surface area contributed by atoms with Crippen LogP contribution in [0, 0.1) is 6.92 Å². The molecule has 0 amide bonds. The second-order valence-electron chi connectivity index (χ2n) is 5.90. The third kappa shape index (κ3) is 4.38. The van der Waals surface area contributed by atoms with Gasteiger partial charge in [0.1, 0.15) is 12.4 Å². The first-order valence-electron chi connectivity index (χ1n) is 8.47. The first-order chi connectivity index (χ1) is 11.6. The molecule has 0 unspecified atom stereocenters. The van der Waals surface area contributed by atoms with Crippen LogP contribution in [0.15, 0.2) is 36.4 Å². The molecule has 0 atom stereocenters. The molecule has 0 radical (unpaired) electrons. The minimum absolute atomic E-state index is 0.233. The summed E-state index contributed by atoms with van der Waals surface area (Å²) >= 11 is 0. The van der Waals surface area contributed by atoms with Gasteiger partial charge in [0.15, 0.2) is 0 Å². The van der Waals surface area contributed by atoms with Gasteiger partial charge < -0.3 is 9.47 Å². The van der Waals surface area contributed by atoms with Gasteiger partial charge in [-0.3, -0.25) is 4.79 Å². The Kier molecular flexibility index (Phi) is 6.42. The summed E-state index contributed by atoms with van der Waals surface area (Å²) in [6.45, 7) is 6.79. The van der Waals surface area contributed by atoms with E-state index in [-0.39, 0.29) is 12.4 Å². The van der Waals surface area contributed by atoms with Crippen molar-refractivity contribution in [1.29, 1.82) is 0 Å². The van der Waals surface area contributed by atoms with Gasteiger partial charge in [-0.05, 0) is 53.6 Å². The summed E-state index contributed by atoms with van der Waals surface area (Å²) < 4.78 is 10.9. The van der Waals surface area contributed by atoms with Crippen LogP contribution in [0.2, 0.25) is 0 Å². The Balaban J connectivity index is 2.21. The Labute approximate surface area is 144 Å². The van der Waals surface area contributed by atoms with E-state index in [1.165, 1.54) is 18.2 Å². The number of carbonyl (C=O) groups excluding carboxylic acids is 1. The van der Waals surface area contributed by atoms with Crippen molar-refractivity contribution in [3.8, 4) is 5.75 Å². The highest BCUT2D eigenvalue weighted by molar-refractivity contribution is 5.73. The molecule has 3 nitrogen and oxygen atoms in total. The quantitative estimate of drug-likeness (QED) is 0.707. The van der Waals surface area contributed by atoms with Crippen molar-refractivity contribution in [3.63, 3.8) is 0 Å². The van der Waals surface area contributed by atoms with Crippen molar-refractivity contribution < 1.29 is 14.3 Å². The van der Waals surface area contributed by atoms with E-state index in [1.807, 2.05) is 25.1 Å². The van der Waals surface area contributed by atoms with Gasteiger partial charge in [-0.15, -0.1) is 0 Å². The normalized spacial score (nSPS) is 10.5. The van der Waals surface area contributed by atoms with Gasteiger partial charge in [0.25, 0.3) is 0 Å². The minimum atomic E-state index is -0.233. The third-order valence-electron chi connectivity index (χ3n) is 4.36. The molecule has 128 valence electrons. The van der Waals surface area contributed by atoms with Crippen LogP contribution >= 0.6 is 0 Å². The average Bonchev–Trinajstić information content (AvgIpc) is 2.61. The van der Waals surface area contributed by atoms with Gasteiger partial charge in [0, 0.05) is 0 Å². The van der Waals surface area contributed by atoms with Gasteiger partial charge in [-0.1, -0.05) is 44.2 Å². The fourth-order valence-electron chi connectivity index (χ4n) is 2.78. The predicted molar refractivity (Wildman–Crippen MR) is 96.4 cm³/mol. The average molecular weight is 326 g/mol. The lowest BCUT2D eigenvalue weighted by molar-refractivity contribution is -0.139. The standard InChI is InChI=1S/C21H26O3/c1-5-16-10-11-20(17(6-2)12-16)24-14-19-15(3)8-7-9-18(19)13-21(22)23-4/h7-12H,5-6,13-14H2,1-4H3. The number of rotatable bonds is 7. The molecule has 0 aliphatic rings. The summed E-state index contributed by atoms with van der Waals surface area (Å²) in [5, 5.41) is 0. The van der Waals surface area contributed by atoms with Gasteiger partial charge >= 0.3 is 5.97 Å². The fourth-order valence-corrected chi connectivity index (χ4v) is 2.78. The van der Waals surface area contributed by atoms with Crippen LogP contribution in [0.5, 0.6) is 5.75 Å². The number of aryl methyl sites for hydroxylation is 3. The van der Waals surface area contributed by atoms with Crippen LogP contribution in [0.4, 0.5) is 0 Å². The lowest BCUT2D eigenvalue weighted by Gasteiger charge is -2.16. The molecule has 0 saturated carbocycles. The largest absolute Gasteiger partial charge is 0.489 e. The Morgan fingerprint density at radius 1 is 1.04 bits per heavy atom. The fraction of sp³-hybridized carbons (Fsp3) is 0.381. The van der Waals surface area contributed by atoms with Gasteiger partial charge in [0.05, 0.1) is 13.5 Å². The Bertz CT molecular complexity index is 704. The number of hydrogen-bond acceptors (Lipinski definition) is 3. The van der Waals surface area contributed by atoms with E-state index in [9.17, 15) is 4.79 Å². The van der Waals surface area contributed by atoms with E-state index in [2.05, 4.69) is 32.0 Å². The van der Waals surface area contributed by atoms with Crippen LogP contribution < -0.4 is 4.74 Å². The smallest absolute Gasteiger partial charge is 0.309 e. The van der Waals surface area contributed by atoms with E-state index in [0.717, 1.165) is 35.3 Å². The molecule has 0 fully saturated rings. The van der Waals surface area contributed by atoms with Crippen LogP contribution in [-0.2, 0) is 35.4 Å². The number of methoxy groups -OCH3 is 1. The number of ether oxygens (including phenoxy) is 2. The maximum absolute atomic E-state index is 11.6. The maximum atomic E-state index is 11.6. The highest BCUT2D eigenvalue weighted by Gasteiger charge is 2.12. The zero-order chi connectivity index (χ0) is 17.5. The van der Waals surface area contributed by atoms with Crippen molar-refractivity contribution in [2.45, 2.75) is 46.6 Å². The Morgan fingerprint density at radius 2 is 1.83 bits per heavy atom. The van der Waals surface area contributed by atoms with E-state index in [4.69, 9.17) is 9.47 Å². The summed E-state index contributed by atoms with van der Waals surface area (Å²) in [7, 11) is 1.41. The Morgan fingerprint density at radius 3 is 2.50 bits per heavy atom. The molecule has 0 N–H and O–H groups in total.